The first-order valence-corrected chi connectivity index (χ1v) is 8.84. The topological polar surface area (TPSA) is 46.6 Å². The van der Waals surface area contributed by atoms with Crippen LogP contribution in [0.1, 0.15) is 24.1 Å². The first-order valence-electron chi connectivity index (χ1n) is 8.84. The third-order valence-corrected chi connectivity index (χ3v) is 4.71. The first kappa shape index (κ1) is 17.7. The summed E-state index contributed by atoms with van der Waals surface area (Å²) in [4.78, 5) is 6.90. The molecule has 0 spiro atoms. The zero-order valence-corrected chi connectivity index (χ0v) is 15.1. The van der Waals surface area contributed by atoms with Crippen LogP contribution in [0.25, 0.3) is 0 Å². The summed E-state index contributed by atoms with van der Waals surface area (Å²) in [5.41, 5.74) is 2.34. The maximum Gasteiger partial charge on any atom is 0.122 e. The lowest BCUT2D eigenvalue weighted by Crippen LogP contribution is -2.41. The Morgan fingerprint density at radius 3 is 2.40 bits per heavy atom. The van der Waals surface area contributed by atoms with Crippen LogP contribution in [0.2, 0.25) is 0 Å². The standard InChI is InChI=1S/C20H27N3O2/c1-24-19-11-16(12-20(13-19)25-2)14-22-17-6-9-23(10-7-17)15-18-5-3-4-8-21-18/h3-5,8,11-13,17,22H,6-7,9-10,14-15H2,1-2H3. The van der Waals surface area contributed by atoms with E-state index in [0.29, 0.717) is 6.04 Å². The summed E-state index contributed by atoms with van der Waals surface area (Å²) in [7, 11) is 3.37. The van der Waals surface area contributed by atoms with E-state index < -0.39 is 0 Å². The fourth-order valence-corrected chi connectivity index (χ4v) is 3.25. The van der Waals surface area contributed by atoms with E-state index in [9.17, 15) is 0 Å². The van der Waals surface area contributed by atoms with Gasteiger partial charge >= 0.3 is 0 Å². The number of benzene rings is 1. The molecule has 1 aromatic carbocycles. The van der Waals surface area contributed by atoms with Crippen LogP contribution >= 0.6 is 0 Å². The van der Waals surface area contributed by atoms with Gasteiger partial charge in [-0.05, 0) is 42.7 Å². The van der Waals surface area contributed by atoms with Gasteiger partial charge in [-0.1, -0.05) is 6.07 Å². The third-order valence-electron chi connectivity index (χ3n) is 4.71. The zero-order valence-electron chi connectivity index (χ0n) is 15.1. The van der Waals surface area contributed by atoms with Crippen molar-refractivity contribution in [3.8, 4) is 11.5 Å². The molecule has 134 valence electrons. The molecule has 0 bridgehead atoms. The van der Waals surface area contributed by atoms with Crippen molar-refractivity contribution in [1.82, 2.24) is 15.2 Å². The molecule has 1 fully saturated rings. The predicted molar refractivity (Wildman–Crippen MR) is 98.9 cm³/mol. The minimum Gasteiger partial charge on any atom is -0.497 e. The SMILES string of the molecule is COc1cc(CNC2CCN(Cc3ccccn3)CC2)cc(OC)c1. The second-order valence-electron chi connectivity index (χ2n) is 6.47. The van der Waals surface area contributed by atoms with Gasteiger partial charge in [-0.15, -0.1) is 0 Å². The van der Waals surface area contributed by atoms with Gasteiger partial charge in [0.05, 0.1) is 19.9 Å². The molecule has 3 rings (SSSR count). The molecule has 2 heterocycles. The van der Waals surface area contributed by atoms with Crippen LogP contribution < -0.4 is 14.8 Å². The van der Waals surface area contributed by atoms with Gasteiger partial charge in [0.15, 0.2) is 0 Å². The highest BCUT2D eigenvalue weighted by atomic mass is 16.5. The number of methoxy groups -OCH3 is 2. The van der Waals surface area contributed by atoms with Crippen molar-refractivity contribution in [3.05, 3.63) is 53.9 Å². The number of nitrogens with one attached hydrogen (secondary N) is 1. The molecule has 1 aliphatic heterocycles. The lowest BCUT2D eigenvalue weighted by Gasteiger charge is -2.32. The van der Waals surface area contributed by atoms with Crippen LogP contribution in [-0.2, 0) is 13.1 Å². The van der Waals surface area contributed by atoms with Crippen molar-refractivity contribution in [3.63, 3.8) is 0 Å². The van der Waals surface area contributed by atoms with E-state index in [1.807, 2.05) is 18.3 Å². The Hall–Kier alpha value is -2.11. The van der Waals surface area contributed by atoms with Crippen molar-refractivity contribution in [2.45, 2.75) is 32.0 Å². The van der Waals surface area contributed by atoms with E-state index in [1.54, 1.807) is 14.2 Å². The fraction of sp³-hybridized carbons (Fsp3) is 0.450. The summed E-state index contributed by atoms with van der Waals surface area (Å²) in [5, 5.41) is 3.67. The van der Waals surface area contributed by atoms with Crippen LogP contribution in [0, 0.1) is 0 Å². The van der Waals surface area contributed by atoms with Gasteiger partial charge < -0.3 is 14.8 Å². The number of ether oxygens (including phenoxy) is 2. The number of rotatable bonds is 7. The maximum atomic E-state index is 5.34. The van der Waals surface area contributed by atoms with Crippen molar-refractivity contribution in [1.29, 1.82) is 0 Å². The monoisotopic (exact) mass is 341 g/mol. The van der Waals surface area contributed by atoms with E-state index in [4.69, 9.17) is 9.47 Å². The molecule has 0 aliphatic carbocycles. The molecule has 0 atom stereocenters. The number of likely N-dealkylation sites (tertiary alicyclic amines) is 1. The Morgan fingerprint density at radius 1 is 1.08 bits per heavy atom. The Kier molecular flexibility index (Phi) is 6.25. The average molecular weight is 341 g/mol. The Labute approximate surface area is 150 Å². The molecule has 5 heteroatoms. The van der Waals surface area contributed by atoms with E-state index >= 15 is 0 Å². The second-order valence-corrected chi connectivity index (χ2v) is 6.47. The fourth-order valence-electron chi connectivity index (χ4n) is 3.25. The van der Waals surface area contributed by atoms with Gasteiger partial charge in [0.25, 0.3) is 0 Å². The molecular weight excluding hydrogens is 314 g/mol. The molecule has 2 aromatic rings. The molecule has 0 unspecified atom stereocenters. The van der Waals surface area contributed by atoms with Crippen LogP contribution in [0.3, 0.4) is 0 Å². The molecule has 0 saturated carbocycles. The molecule has 1 aromatic heterocycles. The van der Waals surface area contributed by atoms with Crippen molar-refractivity contribution in [2.24, 2.45) is 0 Å². The van der Waals surface area contributed by atoms with Crippen LogP contribution in [0.4, 0.5) is 0 Å². The number of hydrogen-bond donors (Lipinski definition) is 1. The number of pyridine rings is 1. The van der Waals surface area contributed by atoms with E-state index in [2.05, 4.69) is 39.5 Å². The van der Waals surface area contributed by atoms with Crippen molar-refractivity contribution >= 4 is 0 Å². The zero-order chi connectivity index (χ0) is 17.5. The molecule has 25 heavy (non-hydrogen) atoms. The highest BCUT2D eigenvalue weighted by molar-refractivity contribution is 5.38. The van der Waals surface area contributed by atoms with Crippen LogP contribution in [0.5, 0.6) is 11.5 Å². The summed E-state index contributed by atoms with van der Waals surface area (Å²) in [6.07, 6.45) is 4.19. The maximum absolute atomic E-state index is 5.34. The molecular formula is C20H27N3O2. The van der Waals surface area contributed by atoms with Gasteiger partial charge in [0.1, 0.15) is 11.5 Å². The normalized spacial score (nSPS) is 15.9. The van der Waals surface area contributed by atoms with Gasteiger partial charge in [-0.3, -0.25) is 9.88 Å². The lowest BCUT2D eigenvalue weighted by molar-refractivity contribution is 0.188. The molecule has 0 amide bonds. The van der Waals surface area contributed by atoms with Gasteiger partial charge in [0.2, 0.25) is 0 Å². The second kappa shape index (κ2) is 8.83. The van der Waals surface area contributed by atoms with Crippen LogP contribution in [-0.4, -0.2) is 43.2 Å². The van der Waals surface area contributed by atoms with Gasteiger partial charge in [0, 0.05) is 44.5 Å². The average Bonchev–Trinajstić information content (AvgIpc) is 2.68. The predicted octanol–water partition coefficient (Wildman–Crippen LogP) is 2.85. The summed E-state index contributed by atoms with van der Waals surface area (Å²) < 4.78 is 10.7. The van der Waals surface area contributed by atoms with Gasteiger partial charge in [-0.2, -0.15) is 0 Å². The van der Waals surface area contributed by atoms with Crippen LogP contribution in [0.15, 0.2) is 42.6 Å². The van der Waals surface area contributed by atoms with E-state index in [1.165, 1.54) is 5.56 Å². The Bertz CT molecular complexity index is 633. The first-order chi connectivity index (χ1) is 12.3. The molecule has 1 N–H and O–H groups in total. The molecule has 1 saturated heterocycles. The minimum atomic E-state index is 0.553. The number of aromatic nitrogens is 1. The van der Waals surface area contributed by atoms with E-state index in [0.717, 1.165) is 56.2 Å². The number of piperidine rings is 1. The summed E-state index contributed by atoms with van der Waals surface area (Å²) in [6.45, 7) is 3.99. The van der Waals surface area contributed by atoms with Crippen molar-refractivity contribution in [2.75, 3.05) is 27.3 Å². The minimum absolute atomic E-state index is 0.553. The van der Waals surface area contributed by atoms with Gasteiger partial charge in [-0.25, -0.2) is 0 Å². The van der Waals surface area contributed by atoms with E-state index in [-0.39, 0.29) is 0 Å². The molecule has 1 aliphatic rings. The number of nitrogens with zero attached hydrogens (tertiary/aromatic N) is 2. The Morgan fingerprint density at radius 2 is 1.80 bits per heavy atom. The highest BCUT2D eigenvalue weighted by Crippen LogP contribution is 2.23. The summed E-state index contributed by atoms with van der Waals surface area (Å²) in [6, 6.07) is 12.7. The lowest BCUT2D eigenvalue weighted by atomic mass is 10.0. The largest absolute Gasteiger partial charge is 0.497 e. The van der Waals surface area contributed by atoms with Crippen molar-refractivity contribution < 1.29 is 9.47 Å². The molecule has 5 nitrogen and oxygen atoms in total. The summed E-state index contributed by atoms with van der Waals surface area (Å²) in [5.74, 6) is 1.67. The molecule has 0 radical (unpaired) electrons. The highest BCUT2D eigenvalue weighted by Gasteiger charge is 2.19. The third kappa shape index (κ3) is 5.18. The smallest absolute Gasteiger partial charge is 0.122 e. The summed E-state index contributed by atoms with van der Waals surface area (Å²) >= 11 is 0. The quantitative estimate of drug-likeness (QED) is 0.839. The number of hydrogen-bond acceptors (Lipinski definition) is 5. The Balaban J connectivity index is 1.46.